The van der Waals surface area contributed by atoms with E-state index >= 15 is 0 Å². The third-order valence-corrected chi connectivity index (χ3v) is 2.29. The molecule has 0 aliphatic heterocycles. The number of hydrogen-bond donors (Lipinski definition) is 2. The molecular formula is C12H20N2O3. The summed E-state index contributed by atoms with van der Waals surface area (Å²) in [7, 11) is 4.76. The Morgan fingerprint density at radius 1 is 1.12 bits per heavy atom. The van der Waals surface area contributed by atoms with E-state index in [4.69, 9.17) is 19.9 Å². The van der Waals surface area contributed by atoms with Gasteiger partial charge in [-0.3, -0.25) is 0 Å². The van der Waals surface area contributed by atoms with Gasteiger partial charge in [-0.25, -0.2) is 0 Å². The summed E-state index contributed by atoms with van der Waals surface area (Å²) >= 11 is 0. The topological polar surface area (TPSA) is 65.7 Å². The fraction of sp³-hybridized carbons (Fsp3) is 0.500. The largest absolute Gasteiger partial charge is 0.493 e. The predicted octanol–water partition coefficient (Wildman–Crippen LogP) is 1.47. The van der Waals surface area contributed by atoms with E-state index in [1.54, 1.807) is 21.3 Å². The van der Waals surface area contributed by atoms with Gasteiger partial charge >= 0.3 is 0 Å². The van der Waals surface area contributed by atoms with Crippen LogP contribution in [0.4, 0.5) is 5.69 Å². The lowest BCUT2D eigenvalue weighted by atomic mass is 10.2. The first kappa shape index (κ1) is 13.4. The maximum Gasteiger partial charge on any atom is 0.203 e. The number of nitrogens with two attached hydrogens (primary N) is 1. The van der Waals surface area contributed by atoms with Crippen LogP contribution >= 0.6 is 0 Å². The van der Waals surface area contributed by atoms with Gasteiger partial charge in [0.25, 0.3) is 0 Å². The third kappa shape index (κ3) is 3.42. The van der Waals surface area contributed by atoms with Gasteiger partial charge in [0.05, 0.1) is 21.3 Å². The van der Waals surface area contributed by atoms with Crippen molar-refractivity contribution in [3.63, 3.8) is 0 Å². The van der Waals surface area contributed by atoms with Crippen LogP contribution < -0.4 is 25.3 Å². The van der Waals surface area contributed by atoms with Crippen LogP contribution in [0.25, 0.3) is 0 Å². The van der Waals surface area contributed by atoms with Crippen LogP contribution in [0.2, 0.25) is 0 Å². The van der Waals surface area contributed by atoms with Gasteiger partial charge in [-0.2, -0.15) is 0 Å². The van der Waals surface area contributed by atoms with Crippen LogP contribution in [-0.2, 0) is 0 Å². The van der Waals surface area contributed by atoms with Crippen LogP contribution in [0.15, 0.2) is 12.1 Å². The fourth-order valence-electron chi connectivity index (χ4n) is 1.46. The standard InChI is InChI=1S/C12H20N2O3/c1-8(13)7-14-9-5-10(15-2)12(17-4)11(6-9)16-3/h5-6,8,14H,7,13H2,1-4H3. The summed E-state index contributed by atoms with van der Waals surface area (Å²) in [6.07, 6.45) is 0. The maximum absolute atomic E-state index is 5.69. The summed E-state index contributed by atoms with van der Waals surface area (Å²) < 4.78 is 15.7. The number of nitrogens with one attached hydrogen (secondary N) is 1. The Morgan fingerprint density at radius 2 is 1.65 bits per heavy atom. The van der Waals surface area contributed by atoms with Crippen molar-refractivity contribution in [3.05, 3.63) is 12.1 Å². The molecule has 0 aliphatic carbocycles. The molecule has 1 unspecified atom stereocenters. The van der Waals surface area contributed by atoms with E-state index in [9.17, 15) is 0 Å². The lowest BCUT2D eigenvalue weighted by Gasteiger charge is -2.15. The van der Waals surface area contributed by atoms with Crippen LogP contribution in [0.1, 0.15) is 6.92 Å². The molecule has 0 spiro atoms. The SMILES string of the molecule is COc1cc(NCC(C)N)cc(OC)c1OC. The van der Waals surface area contributed by atoms with Crippen molar-refractivity contribution in [2.75, 3.05) is 33.2 Å². The summed E-state index contributed by atoms with van der Waals surface area (Å²) in [6, 6.07) is 3.78. The number of hydrogen-bond acceptors (Lipinski definition) is 5. The molecule has 0 aliphatic rings. The zero-order chi connectivity index (χ0) is 12.8. The Bertz CT molecular complexity index is 342. The predicted molar refractivity (Wildman–Crippen MR) is 68.2 cm³/mol. The van der Waals surface area contributed by atoms with E-state index in [-0.39, 0.29) is 6.04 Å². The summed E-state index contributed by atoms with van der Waals surface area (Å²) in [6.45, 7) is 2.61. The van der Waals surface area contributed by atoms with Crippen LogP contribution in [-0.4, -0.2) is 33.9 Å². The first-order valence-corrected chi connectivity index (χ1v) is 5.41. The Labute approximate surface area is 102 Å². The van der Waals surface area contributed by atoms with E-state index in [1.807, 2.05) is 19.1 Å². The normalized spacial score (nSPS) is 11.8. The van der Waals surface area contributed by atoms with Crippen molar-refractivity contribution < 1.29 is 14.2 Å². The van der Waals surface area contributed by atoms with Gasteiger partial charge in [-0.05, 0) is 6.92 Å². The Hall–Kier alpha value is -1.62. The molecule has 0 bridgehead atoms. The average Bonchev–Trinajstić information content (AvgIpc) is 2.34. The van der Waals surface area contributed by atoms with Crippen molar-refractivity contribution in [2.24, 2.45) is 5.73 Å². The maximum atomic E-state index is 5.69. The molecule has 1 rings (SSSR count). The van der Waals surface area contributed by atoms with Crippen LogP contribution in [0, 0.1) is 0 Å². The lowest BCUT2D eigenvalue weighted by Crippen LogP contribution is -2.25. The van der Waals surface area contributed by atoms with Gasteiger partial charge in [-0.1, -0.05) is 0 Å². The van der Waals surface area contributed by atoms with Gasteiger partial charge in [0, 0.05) is 30.4 Å². The summed E-state index contributed by atoms with van der Waals surface area (Å²) in [4.78, 5) is 0. The van der Waals surface area contributed by atoms with Crippen LogP contribution in [0.3, 0.4) is 0 Å². The molecule has 96 valence electrons. The highest BCUT2D eigenvalue weighted by atomic mass is 16.5. The highest BCUT2D eigenvalue weighted by Gasteiger charge is 2.12. The molecule has 0 saturated carbocycles. The van der Waals surface area contributed by atoms with E-state index in [1.165, 1.54) is 0 Å². The average molecular weight is 240 g/mol. The van der Waals surface area contributed by atoms with E-state index < -0.39 is 0 Å². The van der Waals surface area contributed by atoms with Gasteiger partial charge in [0.1, 0.15) is 0 Å². The van der Waals surface area contributed by atoms with Gasteiger partial charge in [-0.15, -0.1) is 0 Å². The van der Waals surface area contributed by atoms with Crippen molar-refractivity contribution >= 4 is 5.69 Å². The molecule has 0 fully saturated rings. The second kappa shape index (κ2) is 6.20. The highest BCUT2D eigenvalue weighted by Crippen LogP contribution is 2.39. The Kier molecular flexibility index (Phi) is 4.90. The molecule has 5 nitrogen and oxygen atoms in total. The molecule has 1 atom stereocenters. The minimum absolute atomic E-state index is 0.0779. The van der Waals surface area contributed by atoms with Gasteiger partial charge in [0.15, 0.2) is 11.5 Å². The first-order chi connectivity index (χ1) is 8.12. The fourth-order valence-corrected chi connectivity index (χ4v) is 1.46. The molecule has 1 aromatic rings. The number of ether oxygens (including phenoxy) is 3. The van der Waals surface area contributed by atoms with Crippen molar-refractivity contribution in [1.29, 1.82) is 0 Å². The molecule has 0 radical (unpaired) electrons. The molecule has 1 aromatic carbocycles. The number of methoxy groups -OCH3 is 3. The van der Waals surface area contributed by atoms with Gasteiger partial charge in [0.2, 0.25) is 5.75 Å². The quantitative estimate of drug-likeness (QED) is 0.788. The molecule has 0 heterocycles. The highest BCUT2D eigenvalue weighted by molar-refractivity contribution is 5.62. The summed E-state index contributed by atoms with van der Waals surface area (Å²) in [5.41, 5.74) is 6.57. The summed E-state index contributed by atoms with van der Waals surface area (Å²) in [5.74, 6) is 1.83. The molecule has 0 saturated heterocycles. The van der Waals surface area contributed by atoms with Gasteiger partial charge < -0.3 is 25.3 Å². The Balaban J connectivity index is 3.00. The monoisotopic (exact) mass is 240 g/mol. The smallest absolute Gasteiger partial charge is 0.203 e. The molecule has 0 aromatic heterocycles. The minimum Gasteiger partial charge on any atom is -0.493 e. The van der Waals surface area contributed by atoms with Crippen molar-refractivity contribution in [1.82, 2.24) is 0 Å². The van der Waals surface area contributed by atoms with E-state index in [0.29, 0.717) is 23.8 Å². The van der Waals surface area contributed by atoms with Crippen LogP contribution in [0.5, 0.6) is 17.2 Å². The van der Waals surface area contributed by atoms with E-state index in [2.05, 4.69) is 5.32 Å². The number of rotatable bonds is 6. The number of anilines is 1. The Morgan fingerprint density at radius 3 is 2.00 bits per heavy atom. The zero-order valence-corrected chi connectivity index (χ0v) is 10.7. The second-order valence-electron chi connectivity index (χ2n) is 3.77. The molecule has 5 heteroatoms. The number of benzene rings is 1. The van der Waals surface area contributed by atoms with E-state index in [0.717, 1.165) is 5.69 Å². The molecular weight excluding hydrogens is 220 g/mol. The first-order valence-electron chi connectivity index (χ1n) is 5.41. The molecule has 17 heavy (non-hydrogen) atoms. The molecule has 0 amide bonds. The lowest BCUT2D eigenvalue weighted by molar-refractivity contribution is 0.324. The third-order valence-electron chi connectivity index (χ3n) is 2.29. The van der Waals surface area contributed by atoms with Crippen molar-refractivity contribution in [2.45, 2.75) is 13.0 Å². The molecule has 3 N–H and O–H groups in total. The second-order valence-corrected chi connectivity index (χ2v) is 3.77. The summed E-state index contributed by atoms with van der Waals surface area (Å²) in [5, 5.41) is 3.20. The minimum atomic E-state index is 0.0779. The van der Waals surface area contributed by atoms with Crippen molar-refractivity contribution in [3.8, 4) is 17.2 Å². The zero-order valence-electron chi connectivity index (χ0n) is 10.7.